The average molecular weight is 304 g/mol. The van der Waals surface area contributed by atoms with E-state index < -0.39 is 17.7 Å². The van der Waals surface area contributed by atoms with Crippen LogP contribution in [0.1, 0.15) is 26.3 Å². The SMILES string of the molecule is CC(C)(C)OC(=O)N[C@@H](C[13c]1[13cH][13cH][13cH][13cH][13cH]1)C(=O)CCl. The van der Waals surface area contributed by atoms with Gasteiger partial charge in [-0.05, 0) is 32.8 Å². The summed E-state index contributed by atoms with van der Waals surface area (Å²) in [7, 11) is 0. The van der Waals surface area contributed by atoms with E-state index in [-0.39, 0.29) is 11.7 Å². The van der Waals surface area contributed by atoms with Gasteiger partial charge in [0.05, 0.1) is 11.9 Å². The molecule has 0 aliphatic rings. The molecule has 0 spiro atoms. The van der Waals surface area contributed by atoms with Crippen LogP contribution in [-0.4, -0.2) is 29.4 Å². The molecule has 0 aromatic heterocycles. The molecule has 1 amide bonds. The highest BCUT2D eigenvalue weighted by Gasteiger charge is 2.23. The van der Waals surface area contributed by atoms with E-state index in [2.05, 4.69) is 5.32 Å². The topological polar surface area (TPSA) is 55.4 Å². The van der Waals surface area contributed by atoms with Crippen molar-refractivity contribution >= 4 is 23.5 Å². The van der Waals surface area contributed by atoms with Crippen LogP contribution in [0.4, 0.5) is 4.79 Å². The fourth-order valence-electron chi connectivity index (χ4n) is 1.64. The van der Waals surface area contributed by atoms with Crippen molar-refractivity contribution in [1.29, 1.82) is 0 Å². The molecule has 0 bridgehead atoms. The van der Waals surface area contributed by atoms with Gasteiger partial charge >= 0.3 is 6.09 Å². The van der Waals surface area contributed by atoms with Crippen LogP contribution in [0.5, 0.6) is 0 Å². The number of ketones is 1. The minimum absolute atomic E-state index is 0.146. The highest BCUT2D eigenvalue weighted by atomic mass is 35.5. The van der Waals surface area contributed by atoms with Crippen molar-refractivity contribution in [1.82, 2.24) is 5.32 Å². The maximum Gasteiger partial charge on any atom is 0.408 e. The van der Waals surface area contributed by atoms with E-state index in [1.54, 1.807) is 20.8 Å². The summed E-state index contributed by atoms with van der Waals surface area (Å²) in [4.78, 5) is 23.6. The number of rotatable bonds is 5. The van der Waals surface area contributed by atoms with Crippen LogP contribution in [-0.2, 0) is 16.0 Å². The van der Waals surface area contributed by atoms with E-state index in [1.807, 2.05) is 30.3 Å². The van der Waals surface area contributed by atoms with Crippen LogP contribution in [0.2, 0.25) is 0 Å². The van der Waals surface area contributed by atoms with Crippen molar-refractivity contribution in [2.75, 3.05) is 5.88 Å². The van der Waals surface area contributed by atoms with Crippen molar-refractivity contribution in [3.63, 3.8) is 0 Å². The number of carbonyl (C=O) groups is 2. The molecule has 1 aromatic carbocycles. The first-order valence-corrected chi connectivity index (χ1v) is 6.97. The van der Waals surface area contributed by atoms with Gasteiger partial charge in [0.25, 0.3) is 0 Å². The van der Waals surface area contributed by atoms with E-state index in [1.165, 1.54) is 0 Å². The number of nitrogens with one attached hydrogen (secondary N) is 1. The molecular formula is C15H20ClNO3. The van der Waals surface area contributed by atoms with Crippen molar-refractivity contribution in [2.24, 2.45) is 0 Å². The molecule has 0 fully saturated rings. The molecule has 20 heavy (non-hydrogen) atoms. The van der Waals surface area contributed by atoms with Crippen LogP contribution in [0.25, 0.3) is 0 Å². The third kappa shape index (κ3) is 6.06. The van der Waals surface area contributed by atoms with Gasteiger partial charge in [-0.1, -0.05) is 30.3 Å². The fourth-order valence-corrected chi connectivity index (χ4v) is 1.82. The number of hydrogen-bond donors (Lipinski definition) is 1. The van der Waals surface area contributed by atoms with E-state index in [0.717, 1.165) is 5.56 Å². The molecule has 0 heterocycles. The van der Waals surface area contributed by atoms with Crippen molar-refractivity contribution in [3.8, 4) is 0 Å². The number of alkyl halides is 1. The van der Waals surface area contributed by atoms with Gasteiger partial charge in [-0.3, -0.25) is 4.79 Å². The molecule has 0 saturated heterocycles. The van der Waals surface area contributed by atoms with Crippen molar-refractivity contribution in [2.45, 2.75) is 38.8 Å². The summed E-state index contributed by atoms with van der Waals surface area (Å²) in [5.74, 6) is -0.380. The molecule has 0 aliphatic carbocycles. The van der Waals surface area contributed by atoms with Crippen molar-refractivity contribution in [3.05, 3.63) is 35.9 Å². The second-order valence-corrected chi connectivity index (χ2v) is 5.76. The second kappa shape index (κ2) is 7.29. The highest BCUT2D eigenvalue weighted by Crippen LogP contribution is 2.09. The van der Waals surface area contributed by atoms with E-state index >= 15 is 0 Å². The smallest absolute Gasteiger partial charge is 0.408 e. The normalized spacial score (nSPS) is 12.6. The van der Waals surface area contributed by atoms with E-state index in [9.17, 15) is 9.59 Å². The molecule has 0 saturated carbocycles. The summed E-state index contributed by atoms with van der Waals surface area (Å²) < 4.78 is 5.16. The third-order valence-corrected chi connectivity index (χ3v) is 2.76. The monoisotopic (exact) mass is 303 g/mol. The first-order chi connectivity index (χ1) is 9.31. The lowest BCUT2D eigenvalue weighted by molar-refractivity contribution is -0.118. The Hall–Kier alpha value is -1.55. The Morgan fingerprint density at radius 1 is 1.25 bits per heavy atom. The number of benzene rings is 1. The van der Waals surface area contributed by atoms with E-state index in [4.69, 9.17) is 16.3 Å². The summed E-state index contributed by atoms with van der Waals surface area (Å²) in [5, 5.41) is 2.58. The molecule has 5 heteroatoms. The molecule has 0 unspecified atom stereocenters. The first kappa shape index (κ1) is 16.5. The zero-order valence-electron chi connectivity index (χ0n) is 12.0. The predicted octanol–water partition coefficient (Wildman–Crippen LogP) is 2.93. The summed E-state index contributed by atoms with van der Waals surface area (Å²) in [5.41, 5.74) is 0.345. The van der Waals surface area contributed by atoms with E-state index in [0.29, 0.717) is 6.42 Å². The highest BCUT2D eigenvalue weighted by molar-refractivity contribution is 6.28. The molecule has 0 aliphatic heterocycles. The van der Waals surface area contributed by atoms with Crippen LogP contribution in [0, 0.1) is 0 Å². The molecule has 1 rings (SSSR count). The maximum absolute atomic E-state index is 11.8. The molecule has 1 aromatic rings. The summed E-state index contributed by atoms with van der Waals surface area (Å²) in [6.07, 6.45) is -0.220. The molecule has 1 atom stereocenters. The number of amides is 1. The lowest BCUT2D eigenvalue weighted by Gasteiger charge is -2.22. The first-order valence-electron chi connectivity index (χ1n) is 6.44. The number of carbonyl (C=O) groups excluding carboxylic acids is 2. The summed E-state index contributed by atoms with van der Waals surface area (Å²) >= 11 is 5.59. The van der Waals surface area contributed by atoms with Crippen LogP contribution in [0.15, 0.2) is 30.3 Å². The Morgan fingerprint density at radius 3 is 2.35 bits per heavy atom. The minimum Gasteiger partial charge on any atom is -0.444 e. The minimum atomic E-state index is -0.676. The standard InChI is InChI=1S/C15H20ClNO3/c1-15(2,3)20-14(19)17-12(13(18)10-16)9-11-7-5-4-6-8-11/h4-8,12H,9-10H2,1-3H3,(H,17,19)/t12-/m0/s1/i4+1,5+1,6+1,7+1,8+1,11+1. The third-order valence-electron chi connectivity index (χ3n) is 2.49. The molecule has 110 valence electrons. The Bertz CT molecular complexity index is 454. The number of Topliss-reactive ketones (excluding diaryl/α,β-unsaturated/α-hetero) is 1. The fraction of sp³-hybridized carbons (Fsp3) is 0.467. The van der Waals surface area contributed by atoms with Gasteiger partial charge in [0.15, 0.2) is 5.78 Å². The second-order valence-electron chi connectivity index (χ2n) is 5.49. The van der Waals surface area contributed by atoms with Gasteiger partial charge in [0, 0.05) is 0 Å². The van der Waals surface area contributed by atoms with Gasteiger partial charge in [0.2, 0.25) is 0 Å². The lowest BCUT2D eigenvalue weighted by atomic mass is 10.2. The number of ether oxygens (including phenoxy) is 1. The maximum atomic E-state index is 11.8. The Balaban J connectivity index is 2.70. The Kier molecular flexibility index (Phi) is 6.02. The molecule has 4 nitrogen and oxygen atoms in total. The zero-order chi connectivity index (χ0) is 15.2. The van der Waals surface area contributed by atoms with Gasteiger partial charge in [0.1, 0.15) is 5.60 Å². The van der Waals surface area contributed by atoms with Gasteiger partial charge < -0.3 is 10.1 Å². The van der Waals surface area contributed by atoms with Gasteiger partial charge in [-0.15, -0.1) is 11.6 Å². The number of hydrogen-bond acceptors (Lipinski definition) is 3. The molecule has 0 radical (unpaired) electrons. The predicted molar refractivity (Wildman–Crippen MR) is 79.0 cm³/mol. The number of halogens is 1. The van der Waals surface area contributed by atoms with Crippen LogP contribution in [0.3, 0.4) is 0 Å². The van der Waals surface area contributed by atoms with Crippen LogP contribution < -0.4 is 5.32 Å². The molecular weight excluding hydrogens is 284 g/mol. The Labute approximate surface area is 124 Å². The van der Waals surface area contributed by atoms with Gasteiger partial charge in [-0.25, -0.2) is 4.79 Å². The van der Waals surface area contributed by atoms with Gasteiger partial charge in [-0.2, -0.15) is 0 Å². The average Bonchev–Trinajstić information content (AvgIpc) is 2.36. The largest absolute Gasteiger partial charge is 0.444 e. The number of alkyl carbamates (subject to hydrolysis) is 1. The van der Waals surface area contributed by atoms with Crippen LogP contribution >= 0.6 is 11.6 Å². The molecule has 1 N–H and O–H groups in total. The zero-order valence-corrected chi connectivity index (χ0v) is 12.7. The summed E-state index contributed by atoms with van der Waals surface area (Å²) in [6.45, 7) is 5.30. The Morgan fingerprint density at radius 2 is 1.85 bits per heavy atom. The van der Waals surface area contributed by atoms with Crippen molar-refractivity contribution < 1.29 is 14.3 Å². The lowest BCUT2D eigenvalue weighted by Crippen LogP contribution is -2.45. The quantitative estimate of drug-likeness (QED) is 0.851. The summed E-state index contributed by atoms with van der Waals surface area (Å²) in [6, 6.07) is 8.76.